The molecule has 1 atom stereocenters. The van der Waals surface area contributed by atoms with Crippen molar-refractivity contribution in [3.8, 4) is 0 Å². The van der Waals surface area contributed by atoms with E-state index in [1.807, 2.05) is 18.2 Å². The highest BCUT2D eigenvalue weighted by Crippen LogP contribution is 2.26. The summed E-state index contributed by atoms with van der Waals surface area (Å²) >= 11 is 0. The van der Waals surface area contributed by atoms with Crippen molar-refractivity contribution in [1.82, 2.24) is 5.32 Å². The molecule has 2 aromatic rings. The molecule has 1 aromatic carbocycles. The fraction of sp³-hybridized carbons (Fsp3) is 0.556. The fourth-order valence-corrected chi connectivity index (χ4v) is 3.02. The van der Waals surface area contributed by atoms with Crippen LogP contribution < -0.4 is 5.32 Å². The maximum atomic E-state index is 6.09. The van der Waals surface area contributed by atoms with Gasteiger partial charge in [-0.25, -0.2) is 0 Å². The van der Waals surface area contributed by atoms with E-state index < -0.39 is 0 Å². The van der Waals surface area contributed by atoms with Gasteiger partial charge in [0.05, 0.1) is 18.8 Å². The smallest absolute Gasteiger partial charge is 0.134 e. The molecule has 1 heterocycles. The van der Waals surface area contributed by atoms with Crippen LogP contribution in [0.2, 0.25) is 0 Å². The Labute approximate surface area is 126 Å². The highest BCUT2D eigenvalue weighted by molar-refractivity contribution is 5.77. The van der Waals surface area contributed by atoms with Gasteiger partial charge < -0.3 is 14.5 Å². The van der Waals surface area contributed by atoms with Crippen molar-refractivity contribution in [2.75, 3.05) is 13.2 Å². The summed E-state index contributed by atoms with van der Waals surface area (Å²) in [4.78, 5) is 0. The first kappa shape index (κ1) is 14.6. The average Bonchev–Trinajstić information content (AvgIpc) is 3.16. The van der Waals surface area contributed by atoms with Crippen molar-refractivity contribution < 1.29 is 9.15 Å². The van der Waals surface area contributed by atoms with Crippen LogP contribution in [0, 0.1) is 0 Å². The van der Waals surface area contributed by atoms with Gasteiger partial charge in [-0.05, 0) is 37.9 Å². The van der Waals surface area contributed by atoms with Crippen LogP contribution in [0.5, 0.6) is 0 Å². The van der Waals surface area contributed by atoms with Crippen LogP contribution in [-0.4, -0.2) is 19.3 Å². The monoisotopic (exact) mass is 287 g/mol. The Balaban J connectivity index is 1.70. The first-order valence-corrected chi connectivity index (χ1v) is 8.20. The molecule has 1 aliphatic carbocycles. The zero-order valence-corrected chi connectivity index (χ0v) is 12.8. The van der Waals surface area contributed by atoms with Crippen molar-refractivity contribution in [2.24, 2.45) is 0 Å². The number of hydrogen-bond donors (Lipinski definition) is 1. The maximum Gasteiger partial charge on any atom is 0.134 e. The molecule has 3 heteroatoms. The highest BCUT2D eigenvalue weighted by atomic mass is 16.5. The molecule has 0 aliphatic heterocycles. The van der Waals surface area contributed by atoms with Crippen molar-refractivity contribution in [3.63, 3.8) is 0 Å². The molecule has 0 spiro atoms. The van der Waals surface area contributed by atoms with Crippen LogP contribution in [0.25, 0.3) is 11.0 Å². The number of ether oxygens (including phenoxy) is 1. The fourth-order valence-electron chi connectivity index (χ4n) is 3.02. The predicted octanol–water partition coefficient (Wildman–Crippen LogP) is 4.43. The van der Waals surface area contributed by atoms with E-state index in [9.17, 15) is 0 Å². The molecule has 3 rings (SSSR count). The van der Waals surface area contributed by atoms with Crippen molar-refractivity contribution in [2.45, 2.75) is 51.2 Å². The largest absolute Gasteiger partial charge is 0.459 e. The van der Waals surface area contributed by atoms with Crippen LogP contribution in [0.3, 0.4) is 0 Å². The molecule has 1 fully saturated rings. The third-order valence-electron chi connectivity index (χ3n) is 4.23. The summed E-state index contributed by atoms with van der Waals surface area (Å²) in [5.74, 6) is 0.989. The van der Waals surface area contributed by atoms with Gasteiger partial charge in [-0.15, -0.1) is 0 Å². The molecule has 1 aliphatic rings. The minimum absolute atomic E-state index is 0.151. The molecular formula is C18H25NO2. The summed E-state index contributed by atoms with van der Waals surface area (Å²) < 4.78 is 12.1. The Morgan fingerprint density at radius 2 is 2.10 bits per heavy atom. The number of furan rings is 1. The lowest BCUT2D eigenvalue weighted by Crippen LogP contribution is -2.27. The first-order chi connectivity index (χ1) is 10.4. The minimum Gasteiger partial charge on any atom is -0.459 e. The van der Waals surface area contributed by atoms with Gasteiger partial charge in [0.1, 0.15) is 11.3 Å². The van der Waals surface area contributed by atoms with Gasteiger partial charge in [0, 0.05) is 5.39 Å². The molecule has 1 aromatic heterocycles. The molecule has 0 bridgehead atoms. The number of nitrogens with one attached hydrogen (secondary N) is 1. The lowest BCUT2D eigenvalue weighted by atomic mass is 10.2. The van der Waals surface area contributed by atoms with Crippen LogP contribution in [0.15, 0.2) is 34.7 Å². The lowest BCUT2D eigenvalue weighted by molar-refractivity contribution is 0.0392. The molecule has 0 saturated heterocycles. The topological polar surface area (TPSA) is 34.4 Å². The van der Waals surface area contributed by atoms with Crippen molar-refractivity contribution in [3.05, 3.63) is 36.1 Å². The Kier molecular flexibility index (Phi) is 4.94. The van der Waals surface area contributed by atoms with Crippen LogP contribution in [0.1, 0.15) is 50.8 Å². The second-order valence-corrected chi connectivity index (χ2v) is 5.93. The highest BCUT2D eigenvalue weighted by Gasteiger charge is 2.20. The first-order valence-electron chi connectivity index (χ1n) is 8.20. The van der Waals surface area contributed by atoms with Crippen LogP contribution in [0.4, 0.5) is 0 Å². The molecule has 0 amide bonds. The van der Waals surface area contributed by atoms with Gasteiger partial charge in [-0.2, -0.15) is 0 Å². The minimum atomic E-state index is 0.151. The second-order valence-electron chi connectivity index (χ2n) is 5.93. The molecule has 0 radical (unpaired) electrons. The molecule has 21 heavy (non-hydrogen) atoms. The summed E-state index contributed by atoms with van der Waals surface area (Å²) in [6.45, 7) is 3.86. The van der Waals surface area contributed by atoms with Gasteiger partial charge in [0.25, 0.3) is 0 Å². The van der Waals surface area contributed by atoms with E-state index >= 15 is 0 Å². The Hall–Kier alpha value is -1.32. The van der Waals surface area contributed by atoms with E-state index in [0.717, 1.165) is 29.7 Å². The summed E-state index contributed by atoms with van der Waals surface area (Å²) in [6, 6.07) is 10.5. The quantitative estimate of drug-likeness (QED) is 0.818. The predicted molar refractivity (Wildman–Crippen MR) is 85.5 cm³/mol. The molecule has 114 valence electrons. The lowest BCUT2D eigenvalue weighted by Gasteiger charge is -2.19. The van der Waals surface area contributed by atoms with Crippen molar-refractivity contribution >= 4 is 11.0 Å². The number of benzene rings is 1. The molecule has 1 N–H and O–H groups in total. The third-order valence-corrected chi connectivity index (χ3v) is 4.23. The number of para-hydroxylation sites is 1. The zero-order valence-electron chi connectivity index (χ0n) is 12.8. The van der Waals surface area contributed by atoms with E-state index in [4.69, 9.17) is 9.15 Å². The Morgan fingerprint density at radius 3 is 2.86 bits per heavy atom. The molecule has 1 saturated carbocycles. The van der Waals surface area contributed by atoms with E-state index in [0.29, 0.717) is 12.7 Å². The molecule has 1 unspecified atom stereocenters. The molecule has 3 nitrogen and oxygen atoms in total. The SMILES string of the molecule is CCCNC(COC1CCCC1)c1cc2ccccc2o1. The number of fused-ring (bicyclic) bond motifs is 1. The molecular weight excluding hydrogens is 262 g/mol. The Bertz CT molecular complexity index is 524. The number of hydrogen-bond acceptors (Lipinski definition) is 3. The van der Waals surface area contributed by atoms with Gasteiger partial charge >= 0.3 is 0 Å². The third kappa shape index (κ3) is 3.66. The van der Waals surface area contributed by atoms with Crippen LogP contribution >= 0.6 is 0 Å². The van der Waals surface area contributed by atoms with Gasteiger partial charge in [-0.1, -0.05) is 38.0 Å². The Morgan fingerprint density at radius 1 is 1.29 bits per heavy atom. The van der Waals surface area contributed by atoms with Crippen LogP contribution in [-0.2, 0) is 4.74 Å². The normalized spacial score (nSPS) is 17.6. The van der Waals surface area contributed by atoms with Crippen molar-refractivity contribution in [1.29, 1.82) is 0 Å². The van der Waals surface area contributed by atoms with Gasteiger partial charge in [0.15, 0.2) is 0 Å². The number of rotatable bonds is 7. The summed E-state index contributed by atoms with van der Waals surface area (Å²) in [5, 5.41) is 4.72. The summed E-state index contributed by atoms with van der Waals surface area (Å²) in [6.07, 6.45) is 6.59. The standard InChI is InChI=1S/C18H25NO2/c1-2-11-19-16(13-20-15-8-4-5-9-15)18-12-14-7-3-6-10-17(14)21-18/h3,6-7,10,12,15-16,19H,2,4-5,8-9,11,13H2,1H3. The van der Waals surface area contributed by atoms with Gasteiger partial charge in [0.2, 0.25) is 0 Å². The van der Waals surface area contributed by atoms with E-state index in [2.05, 4.69) is 24.4 Å². The summed E-state index contributed by atoms with van der Waals surface area (Å²) in [5.41, 5.74) is 0.955. The van der Waals surface area contributed by atoms with E-state index in [1.165, 1.54) is 25.7 Å². The van der Waals surface area contributed by atoms with E-state index in [1.54, 1.807) is 0 Å². The summed E-state index contributed by atoms with van der Waals surface area (Å²) in [7, 11) is 0. The van der Waals surface area contributed by atoms with E-state index in [-0.39, 0.29) is 6.04 Å². The van der Waals surface area contributed by atoms with Gasteiger partial charge in [-0.3, -0.25) is 0 Å². The maximum absolute atomic E-state index is 6.09. The zero-order chi connectivity index (χ0) is 14.5. The second kappa shape index (κ2) is 7.10. The average molecular weight is 287 g/mol.